The molecule has 1 saturated heterocycles. The Bertz CT molecular complexity index is 1530. The second kappa shape index (κ2) is 10.8. The normalized spacial score (nSPS) is 17.2. The van der Waals surface area contributed by atoms with E-state index in [9.17, 15) is 22.0 Å². The number of hydrogen-bond acceptors (Lipinski definition) is 7. The number of methoxy groups -OCH3 is 1. The van der Waals surface area contributed by atoms with Gasteiger partial charge in [0.1, 0.15) is 23.1 Å². The van der Waals surface area contributed by atoms with Crippen molar-refractivity contribution in [2.45, 2.75) is 37.4 Å². The summed E-state index contributed by atoms with van der Waals surface area (Å²) in [6.07, 6.45) is 3.17. The van der Waals surface area contributed by atoms with Crippen LogP contribution in [0.2, 0.25) is 0 Å². The molecule has 40 heavy (non-hydrogen) atoms. The molecule has 3 aromatic rings. The van der Waals surface area contributed by atoms with E-state index in [4.69, 9.17) is 9.47 Å². The zero-order valence-electron chi connectivity index (χ0n) is 22.6. The molecule has 5 rings (SSSR count). The lowest BCUT2D eigenvalue weighted by atomic mass is 9.97. The minimum atomic E-state index is -3.42. The van der Waals surface area contributed by atoms with Gasteiger partial charge in [0.2, 0.25) is 15.8 Å². The summed E-state index contributed by atoms with van der Waals surface area (Å²) in [5.74, 6) is -0.941. The van der Waals surface area contributed by atoms with Crippen LogP contribution in [-0.4, -0.2) is 67.6 Å². The molecule has 1 aliphatic heterocycles. The number of halogens is 2. The summed E-state index contributed by atoms with van der Waals surface area (Å²) >= 11 is 0. The average molecular weight is 575 g/mol. The third-order valence-corrected chi connectivity index (χ3v) is 9.87. The average Bonchev–Trinajstić information content (AvgIpc) is 3.73. The van der Waals surface area contributed by atoms with E-state index in [0.717, 1.165) is 47.0 Å². The van der Waals surface area contributed by atoms with Crippen LogP contribution in [0.4, 0.5) is 14.5 Å². The largest absolute Gasteiger partial charge is 0.497 e. The monoisotopic (exact) mass is 574 g/mol. The predicted molar refractivity (Wildman–Crippen MR) is 147 cm³/mol. The van der Waals surface area contributed by atoms with Crippen molar-refractivity contribution in [2.24, 2.45) is 0 Å². The van der Waals surface area contributed by atoms with Gasteiger partial charge in [0.15, 0.2) is 0 Å². The molecule has 12 heteroatoms. The van der Waals surface area contributed by atoms with Gasteiger partial charge in [0.25, 0.3) is 0 Å². The molecule has 0 radical (unpaired) electrons. The van der Waals surface area contributed by atoms with E-state index in [2.05, 4.69) is 5.10 Å². The first kappa shape index (κ1) is 28.0. The van der Waals surface area contributed by atoms with Gasteiger partial charge in [-0.1, -0.05) is 12.1 Å². The maximum Gasteiger partial charge on any atom is 0.316 e. The zero-order valence-corrected chi connectivity index (χ0v) is 23.5. The lowest BCUT2D eigenvalue weighted by Crippen LogP contribution is -2.50. The van der Waals surface area contributed by atoms with Crippen molar-refractivity contribution in [3.8, 4) is 17.2 Å². The molecule has 2 aromatic carbocycles. The van der Waals surface area contributed by atoms with E-state index in [0.29, 0.717) is 18.8 Å². The third-order valence-electron chi connectivity index (χ3n) is 7.59. The molecule has 0 amide bonds. The molecule has 214 valence electrons. The van der Waals surface area contributed by atoms with Crippen molar-refractivity contribution in [3.05, 3.63) is 76.2 Å². The highest BCUT2D eigenvalue weighted by Crippen LogP contribution is 2.49. The van der Waals surface area contributed by atoms with Crippen LogP contribution < -0.4 is 19.9 Å². The molecular formula is C28H32F2N4O5S. The van der Waals surface area contributed by atoms with Gasteiger partial charge in [0, 0.05) is 37.7 Å². The Morgan fingerprint density at radius 1 is 1.00 bits per heavy atom. The number of anilines is 1. The van der Waals surface area contributed by atoms with E-state index in [-0.39, 0.29) is 36.5 Å². The van der Waals surface area contributed by atoms with E-state index in [1.807, 2.05) is 29.2 Å². The quantitative estimate of drug-likeness (QED) is 0.386. The predicted octanol–water partition coefficient (Wildman–Crippen LogP) is 3.49. The first-order chi connectivity index (χ1) is 19.0. The third kappa shape index (κ3) is 5.42. The highest BCUT2D eigenvalue weighted by Gasteiger charge is 2.45. The smallest absolute Gasteiger partial charge is 0.316 e. The molecule has 2 aliphatic rings. The summed E-state index contributed by atoms with van der Waals surface area (Å²) in [5, 5.41) is 3.66. The molecule has 1 saturated carbocycles. The van der Waals surface area contributed by atoms with Crippen LogP contribution in [0.15, 0.2) is 53.5 Å². The molecule has 0 bridgehead atoms. The molecule has 0 N–H and O–H groups in total. The van der Waals surface area contributed by atoms with E-state index in [1.54, 1.807) is 21.0 Å². The van der Waals surface area contributed by atoms with Crippen LogP contribution in [0.1, 0.15) is 32.3 Å². The van der Waals surface area contributed by atoms with Crippen LogP contribution in [-0.2, 0) is 15.4 Å². The minimum absolute atomic E-state index is 0.000349. The summed E-state index contributed by atoms with van der Waals surface area (Å²) in [6, 6.07) is 10.5. The lowest BCUT2D eigenvalue weighted by Gasteiger charge is -2.36. The maximum absolute atomic E-state index is 14.0. The number of ether oxygens (including phenoxy) is 2. The van der Waals surface area contributed by atoms with Crippen molar-refractivity contribution in [1.82, 2.24) is 14.1 Å². The van der Waals surface area contributed by atoms with Crippen LogP contribution >= 0.6 is 0 Å². The molecule has 0 unspecified atom stereocenters. The zero-order chi connectivity index (χ0) is 28.7. The SMILES string of the molecule is COc1ccc(C2(COc3c(N4CCN(S(=O)(=O)C(C)C)CC4)cnn(-c4cc(F)cc(F)c4)c3=O)CC2)cc1. The van der Waals surface area contributed by atoms with Crippen molar-refractivity contribution in [3.63, 3.8) is 0 Å². The Morgan fingerprint density at radius 2 is 1.62 bits per heavy atom. The summed E-state index contributed by atoms with van der Waals surface area (Å²) in [5.41, 5.74) is 0.460. The summed E-state index contributed by atoms with van der Waals surface area (Å²) < 4.78 is 67.1. The second-order valence-electron chi connectivity index (χ2n) is 10.5. The van der Waals surface area contributed by atoms with Crippen molar-refractivity contribution >= 4 is 15.7 Å². The Morgan fingerprint density at radius 3 is 2.17 bits per heavy atom. The Balaban J connectivity index is 1.47. The Kier molecular flexibility index (Phi) is 7.58. The highest BCUT2D eigenvalue weighted by atomic mass is 32.2. The summed E-state index contributed by atoms with van der Waals surface area (Å²) in [7, 11) is -1.82. The minimum Gasteiger partial charge on any atom is -0.497 e. The van der Waals surface area contributed by atoms with Gasteiger partial charge >= 0.3 is 5.56 Å². The second-order valence-corrected chi connectivity index (χ2v) is 13.0. The maximum atomic E-state index is 14.0. The van der Waals surface area contributed by atoms with Crippen molar-refractivity contribution in [2.75, 3.05) is 44.8 Å². The Labute approximate surface area is 232 Å². The van der Waals surface area contributed by atoms with Crippen molar-refractivity contribution in [1.29, 1.82) is 0 Å². The first-order valence-corrected chi connectivity index (χ1v) is 14.6. The van der Waals surface area contributed by atoms with Gasteiger partial charge in [-0.15, -0.1) is 0 Å². The molecule has 0 atom stereocenters. The van der Waals surface area contributed by atoms with Crippen LogP contribution in [0, 0.1) is 11.6 Å². The Hall–Kier alpha value is -3.51. The molecule has 1 aromatic heterocycles. The number of piperazine rings is 1. The number of hydrogen-bond donors (Lipinski definition) is 0. The van der Waals surface area contributed by atoms with Crippen molar-refractivity contribution < 1.29 is 26.7 Å². The molecule has 2 fully saturated rings. The van der Waals surface area contributed by atoms with Gasteiger partial charge in [-0.05, 0) is 56.5 Å². The molecule has 0 spiro atoms. The van der Waals surface area contributed by atoms with Crippen LogP contribution in [0.25, 0.3) is 5.69 Å². The van der Waals surface area contributed by atoms with Gasteiger partial charge < -0.3 is 14.4 Å². The summed E-state index contributed by atoms with van der Waals surface area (Å²) in [4.78, 5) is 15.6. The topological polar surface area (TPSA) is 94.0 Å². The molecule has 9 nitrogen and oxygen atoms in total. The number of rotatable bonds is 9. The summed E-state index contributed by atoms with van der Waals surface area (Å²) in [6.45, 7) is 4.63. The van der Waals surface area contributed by atoms with E-state index in [1.165, 1.54) is 10.5 Å². The molecule has 2 heterocycles. The van der Waals surface area contributed by atoms with E-state index >= 15 is 0 Å². The first-order valence-electron chi connectivity index (χ1n) is 13.1. The fourth-order valence-corrected chi connectivity index (χ4v) is 6.21. The highest BCUT2D eigenvalue weighted by molar-refractivity contribution is 7.89. The number of nitrogens with zero attached hydrogens (tertiary/aromatic N) is 4. The van der Waals surface area contributed by atoms with Gasteiger partial charge in [0.05, 0.1) is 30.9 Å². The molecule has 1 aliphatic carbocycles. The number of aromatic nitrogens is 2. The number of benzene rings is 2. The van der Waals surface area contributed by atoms with Gasteiger partial charge in [-0.2, -0.15) is 14.1 Å². The standard InChI is InChI=1S/C28H32F2N4O5S/c1-19(2)40(36,37)33-12-10-32(11-13-33)25-17-31-34(23-15-21(29)14-22(30)16-23)27(35)26(25)39-18-28(8-9-28)20-4-6-24(38-3)7-5-20/h4-7,14-17,19H,8-13,18H2,1-3H3. The fourth-order valence-electron chi connectivity index (χ4n) is 4.94. The lowest BCUT2D eigenvalue weighted by molar-refractivity contribution is 0.271. The van der Waals surface area contributed by atoms with E-state index < -0.39 is 32.5 Å². The number of sulfonamides is 1. The van der Waals surface area contributed by atoms with Crippen LogP contribution in [0.3, 0.4) is 0 Å². The molecular weight excluding hydrogens is 542 g/mol. The van der Waals surface area contributed by atoms with Gasteiger partial charge in [-0.3, -0.25) is 4.79 Å². The van der Waals surface area contributed by atoms with Crippen LogP contribution in [0.5, 0.6) is 11.5 Å². The van der Waals surface area contributed by atoms with Gasteiger partial charge in [-0.25, -0.2) is 17.2 Å². The fraction of sp³-hybridized carbons (Fsp3) is 0.429.